The first-order valence-corrected chi connectivity index (χ1v) is 17.5. The second-order valence-corrected chi connectivity index (χ2v) is 13.1. The number of hydrogen-bond acceptors (Lipinski definition) is 8. The Morgan fingerprint density at radius 1 is 0.882 bits per heavy atom. The molecule has 268 valence electrons. The molecular weight excluding hydrogens is 648 g/mol. The molecule has 3 atom stereocenters. The van der Waals surface area contributed by atoms with Crippen LogP contribution in [0.5, 0.6) is 11.5 Å². The minimum absolute atomic E-state index is 0.0120. The van der Waals surface area contributed by atoms with Crippen LogP contribution in [-0.4, -0.2) is 60.4 Å². The highest BCUT2D eigenvalue weighted by Crippen LogP contribution is 2.40. The highest BCUT2D eigenvalue weighted by molar-refractivity contribution is 5.77. The number of ether oxygens (including phenoxy) is 4. The van der Waals surface area contributed by atoms with Crippen LogP contribution in [0.1, 0.15) is 71.5 Å². The number of fused-ring (bicyclic) bond motifs is 1. The number of carboxylic acids is 1. The van der Waals surface area contributed by atoms with E-state index < -0.39 is 12.3 Å². The van der Waals surface area contributed by atoms with Gasteiger partial charge in [-0.3, -0.25) is 14.5 Å². The van der Waals surface area contributed by atoms with Crippen molar-refractivity contribution in [2.75, 3.05) is 27.3 Å². The smallest absolute Gasteiger partial charge is 0.303 e. The number of nitrogens with zero attached hydrogens (tertiary/aromatic N) is 1. The topological polar surface area (TPSA) is 127 Å². The number of hydrogen-bond donors (Lipinski definition) is 3. The zero-order valence-electron chi connectivity index (χ0n) is 29.2. The van der Waals surface area contributed by atoms with Crippen LogP contribution in [0.15, 0.2) is 84.9 Å². The van der Waals surface area contributed by atoms with Crippen LogP contribution < -0.4 is 14.8 Å². The maximum absolute atomic E-state index is 12.3. The van der Waals surface area contributed by atoms with Gasteiger partial charge >= 0.3 is 5.97 Å². The lowest BCUT2D eigenvalue weighted by atomic mass is 9.96. The van der Waals surface area contributed by atoms with Gasteiger partial charge in [0.15, 0.2) is 17.8 Å². The number of carbonyl (C=O) groups is 2. The van der Waals surface area contributed by atoms with Gasteiger partial charge in [-0.25, -0.2) is 0 Å². The molecule has 51 heavy (non-hydrogen) atoms. The molecule has 0 aliphatic carbocycles. The molecule has 1 amide bonds. The number of nitrogens with one attached hydrogen (secondary N) is 1. The van der Waals surface area contributed by atoms with Crippen LogP contribution in [0, 0.1) is 0 Å². The number of aliphatic carboxylic acids is 1. The fourth-order valence-electron chi connectivity index (χ4n) is 6.88. The van der Waals surface area contributed by atoms with Gasteiger partial charge in [-0.1, -0.05) is 72.8 Å². The quantitative estimate of drug-likeness (QED) is 0.139. The summed E-state index contributed by atoms with van der Waals surface area (Å²) in [7, 11) is 3.32. The number of methoxy groups -OCH3 is 2. The highest BCUT2D eigenvalue weighted by atomic mass is 16.7. The van der Waals surface area contributed by atoms with E-state index in [2.05, 4.69) is 22.3 Å². The lowest BCUT2D eigenvalue weighted by Crippen LogP contribution is -2.41. The monoisotopic (exact) mass is 694 g/mol. The van der Waals surface area contributed by atoms with Gasteiger partial charge in [0.25, 0.3) is 0 Å². The van der Waals surface area contributed by atoms with E-state index in [0.717, 1.165) is 70.9 Å². The molecule has 0 radical (unpaired) electrons. The Hall–Kier alpha value is -4.74. The van der Waals surface area contributed by atoms with Crippen LogP contribution in [-0.2, 0) is 45.2 Å². The van der Waals surface area contributed by atoms with Crippen molar-refractivity contribution in [3.05, 3.63) is 118 Å². The van der Waals surface area contributed by atoms with Gasteiger partial charge in [-0.2, -0.15) is 0 Å². The summed E-state index contributed by atoms with van der Waals surface area (Å²) in [6, 6.07) is 28.2. The van der Waals surface area contributed by atoms with Crippen LogP contribution in [0.3, 0.4) is 0 Å². The average molecular weight is 695 g/mol. The minimum Gasteiger partial charge on any atom is -0.493 e. The third kappa shape index (κ3) is 9.14. The number of carboxylic acid groups (broad SMARTS) is 1. The van der Waals surface area contributed by atoms with E-state index in [1.54, 1.807) is 14.2 Å². The Morgan fingerprint density at radius 2 is 1.59 bits per heavy atom. The van der Waals surface area contributed by atoms with Crippen molar-refractivity contribution in [3.8, 4) is 22.6 Å². The standard InChI is InChI=1S/C41H46N2O8/c1-48-37-20-31-18-19-43(24-33(31)21-38(37)49-2)25-34-22-36(29-12-10-27(26-44)11-13-29)51-41(50-34)30-16-14-28(15-17-30)35-7-4-3-6-32(35)23-42-39(45)8-5-9-40(46)47/h3-4,6-7,10-17,20-21,34,36,41,44H,5,8-9,18-19,22-26H2,1-2H3,(H,42,45)(H,46,47)/t34-,36+,41+/m1/s1. The average Bonchev–Trinajstić information content (AvgIpc) is 3.16. The summed E-state index contributed by atoms with van der Waals surface area (Å²) >= 11 is 0. The summed E-state index contributed by atoms with van der Waals surface area (Å²) in [5.41, 5.74) is 8.27. The van der Waals surface area contributed by atoms with Crippen molar-refractivity contribution in [1.82, 2.24) is 10.2 Å². The lowest BCUT2D eigenvalue weighted by molar-refractivity contribution is -0.253. The molecule has 1 fully saturated rings. The fraction of sp³-hybridized carbons (Fsp3) is 0.366. The number of aliphatic hydroxyl groups excluding tert-OH is 1. The molecule has 0 bridgehead atoms. The van der Waals surface area contributed by atoms with Crippen LogP contribution in [0.4, 0.5) is 0 Å². The number of rotatable bonds is 14. The van der Waals surface area contributed by atoms with Crippen molar-refractivity contribution in [2.24, 2.45) is 0 Å². The Labute approximate surface area is 298 Å². The van der Waals surface area contributed by atoms with E-state index in [-0.39, 0.29) is 37.6 Å². The molecule has 10 nitrogen and oxygen atoms in total. The lowest BCUT2D eigenvalue weighted by Gasteiger charge is -2.39. The maximum atomic E-state index is 12.3. The Morgan fingerprint density at radius 3 is 2.29 bits per heavy atom. The molecule has 3 N–H and O–H groups in total. The van der Waals surface area contributed by atoms with Gasteiger partial charge in [0.1, 0.15) is 0 Å². The van der Waals surface area contributed by atoms with Gasteiger partial charge < -0.3 is 34.5 Å². The zero-order valence-corrected chi connectivity index (χ0v) is 29.2. The summed E-state index contributed by atoms with van der Waals surface area (Å²) in [5.74, 6) is 0.411. The van der Waals surface area contributed by atoms with Gasteiger partial charge in [0.2, 0.25) is 5.91 Å². The minimum atomic E-state index is -0.903. The van der Waals surface area contributed by atoms with Crippen LogP contribution >= 0.6 is 0 Å². The summed E-state index contributed by atoms with van der Waals surface area (Å²) in [6.45, 7) is 2.76. The number of benzene rings is 4. The summed E-state index contributed by atoms with van der Waals surface area (Å²) in [4.78, 5) is 25.6. The summed E-state index contributed by atoms with van der Waals surface area (Å²) in [5, 5.41) is 21.4. The summed E-state index contributed by atoms with van der Waals surface area (Å²) < 4.78 is 24.4. The van der Waals surface area contributed by atoms with E-state index in [1.807, 2.05) is 72.8 Å². The number of carbonyl (C=O) groups excluding carboxylic acids is 1. The van der Waals surface area contributed by atoms with Crippen LogP contribution in [0.25, 0.3) is 11.1 Å². The predicted molar refractivity (Wildman–Crippen MR) is 192 cm³/mol. The highest BCUT2D eigenvalue weighted by Gasteiger charge is 2.34. The van der Waals surface area contributed by atoms with Gasteiger partial charge in [-0.05, 0) is 63.9 Å². The SMILES string of the molecule is COc1cc2c(cc1OC)CN(C[C@H]1C[C@@H](c3ccc(CO)cc3)O[C@@H](c3ccc(-c4ccccc4CNC(=O)CCCC(=O)O)cc3)O1)CC2. The summed E-state index contributed by atoms with van der Waals surface area (Å²) in [6.07, 6.45) is 1.19. The van der Waals surface area contributed by atoms with Crippen molar-refractivity contribution in [1.29, 1.82) is 0 Å². The van der Waals surface area contributed by atoms with Gasteiger partial charge in [0.05, 0.1) is 33.0 Å². The van der Waals surface area contributed by atoms with Crippen molar-refractivity contribution >= 4 is 11.9 Å². The molecule has 2 aliphatic rings. The van der Waals surface area contributed by atoms with Gasteiger partial charge in [-0.15, -0.1) is 0 Å². The van der Waals surface area contributed by atoms with E-state index in [4.69, 9.17) is 24.1 Å². The normalized spacial score (nSPS) is 18.8. The molecule has 0 spiro atoms. The number of aliphatic hydroxyl groups is 1. The largest absolute Gasteiger partial charge is 0.493 e. The molecule has 2 heterocycles. The van der Waals surface area contributed by atoms with E-state index in [0.29, 0.717) is 19.4 Å². The predicted octanol–water partition coefficient (Wildman–Crippen LogP) is 6.34. The van der Waals surface area contributed by atoms with E-state index >= 15 is 0 Å². The van der Waals surface area contributed by atoms with Crippen molar-refractivity contribution in [3.63, 3.8) is 0 Å². The molecule has 10 heteroatoms. The molecular formula is C41H46N2O8. The van der Waals surface area contributed by atoms with Crippen molar-refractivity contribution in [2.45, 2.75) is 70.3 Å². The third-order valence-electron chi connectivity index (χ3n) is 9.66. The molecule has 2 aliphatic heterocycles. The molecule has 4 aromatic rings. The molecule has 6 rings (SSSR count). The molecule has 1 saturated heterocycles. The second-order valence-electron chi connectivity index (χ2n) is 13.1. The molecule has 0 saturated carbocycles. The molecule has 0 aromatic heterocycles. The first kappa shape index (κ1) is 36.1. The fourth-order valence-corrected chi connectivity index (χ4v) is 6.88. The van der Waals surface area contributed by atoms with Crippen LogP contribution in [0.2, 0.25) is 0 Å². The zero-order chi connectivity index (χ0) is 35.7. The molecule has 0 unspecified atom stereocenters. The molecule has 4 aromatic carbocycles. The van der Waals surface area contributed by atoms with Gasteiger partial charge in [0, 0.05) is 51.0 Å². The van der Waals surface area contributed by atoms with Crippen molar-refractivity contribution < 1.29 is 38.7 Å². The van der Waals surface area contributed by atoms with E-state index in [9.17, 15) is 14.7 Å². The first-order chi connectivity index (χ1) is 24.8. The number of amides is 1. The third-order valence-corrected chi connectivity index (χ3v) is 9.66. The Kier molecular flexibility index (Phi) is 12.0. The second kappa shape index (κ2) is 17.0. The maximum Gasteiger partial charge on any atom is 0.303 e. The first-order valence-electron chi connectivity index (χ1n) is 17.5. The Bertz CT molecular complexity index is 1790. The van der Waals surface area contributed by atoms with E-state index in [1.165, 1.54) is 11.1 Å². The Balaban J connectivity index is 1.17.